The monoisotopic (exact) mass is 425 g/mol. The Morgan fingerprint density at radius 2 is 2.07 bits per heavy atom. The lowest BCUT2D eigenvalue weighted by Crippen LogP contribution is -2.50. The number of rotatable bonds is 3. The summed E-state index contributed by atoms with van der Waals surface area (Å²) in [5.41, 5.74) is 8.30. The van der Waals surface area contributed by atoms with Gasteiger partial charge in [0.15, 0.2) is 0 Å². The van der Waals surface area contributed by atoms with Crippen LogP contribution in [0.1, 0.15) is 56.6 Å². The topological polar surface area (TPSA) is 127 Å². The minimum absolute atomic E-state index is 0.0140. The van der Waals surface area contributed by atoms with E-state index in [2.05, 4.69) is 30.6 Å². The zero-order valence-corrected chi connectivity index (χ0v) is 18.4. The van der Waals surface area contributed by atoms with Crippen molar-refractivity contribution in [3.05, 3.63) is 41.3 Å². The van der Waals surface area contributed by atoms with Crippen molar-refractivity contribution >= 4 is 23.1 Å². The first-order chi connectivity index (χ1) is 14.2. The zero-order chi connectivity index (χ0) is 21.5. The van der Waals surface area contributed by atoms with E-state index < -0.39 is 11.4 Å². The average Bonchev–Trinajstić information content (AvgIpc) is 3.00. The lowest BCUT2D eigenvalue weighted by atomic mass is 9.73. The van der Waals surface area contributed by atoms with Crippen LogP contribution in [0.5, 0.6) is 0 Å². The highest BCUT2D eigenvalue weighted by Crippen LogP contribution is 2.52. The van der Waals surface area contributed by atoms with E-state index >= 15 is 0 Å². The van der Waals surface area contributed by atoms with Gasteiger partial charge in [0, 0.05) is 47.8 Å². The smallest absolute Gasteiger partial charge is 0.228 e. The molecule has 3 heterocycles. The lowest BCUT2D eigenvalue weighted by Gasteiger charge is -2.43. The Hall–Kier alpha value is -2.41. The average molecular weight is 426 g/mol. The van der Waals surface area contributed by atoms with E-state index in [-0.39, 0.29) is 21.9 Å². The Kier molecular flexibility index (Phi) is 5.34. The van der Waals surface area contributed by atoms with Gasteiger partial charge in [0.25, 0.3) is 0 Å². The largest absolute Gasteiger partial charge is 0.598 e. The Labute approximate surface area is 180 Å². The van der Waals surface area contributed by atoms with Crippen molar-refractivity contribution < 1.29 is 4.55 Å². The van der Waals surface area contributed by atoms with Gasteiger partial charge in [-0.05, 0) is 51.7 Å². The molecule has 3 N–H and O–H groups in total. The Morgan fingerprint density at radius 3 is 2.73 bits per heavy atom. The highest BCUT2D eigenvalue weighted by molar-refractivity contribution is 7.90. The molecule has 4 rings (SSSR count). The van der Waals surface area contributed by atoms with Crippen LogP contribution in [0.2, 0.25) is 0 Å². The molecule has 30 heavy (non-hydrogen) atoms. The fourth-order valence-corrected chi connectivity index (χ4v) is 5.31. The number of nitriles is 1. The Morgan fingerprint density at radius 1 is 1.33 bits per heavy atom. The first kappa shape index (κ1) is 20.8. The number of pyridine rings is 1. The number of nitrogens with one attached hydrogen (secondary N) is 1. The van der Waals surface area contributed by atoms with Crippen molar-refractivity contribution in [3.8, 4) is 6.07 Å². The van der Waals surface area contributed by atoms with Gasteiger partial charge in [-0.15, -0.1) is 4.72 Å². The minimum atomic E-state index is -1.18. The maximum atomic E-state index is 13.0. The number of anilines is 2. The van der Waals surface area contributed by atoms with E-state index in [1.165, 1.54) is 6.07 Å². The number of hydrogen-bond acceptors (Lipinski definition) is 8. The zero-order valence-electron chi connectivity index (χ0n) is 17.6. The molecular weight excluding hydrogens is 398 g/mol. The second-order valence-electron chi connectivity index (χ2n) is 9.09. The predicted molar refractivity (Wildman–Crippen MR) is 117 cm³/mol. The number of nitrogens with zero attached hydrogens (tertiary/aromatic N) is 5. The first-order valence-corrected chi connectivity index (χ1v) is 11.3. The van der Waals surface area contributed by atoms with Gasteiger partial charge in [-0.3, -0.25) is 4.98 Å². The van der Waals surface area contributed by atoms with Gasteiger partial charge in [0.2, 0.25) is 5.95 Å². The molecule has 1 spiro atoms. The van der Waals surface area contributed by atoms with Crippen LogP contribution in [0.4, 0.5) is 11.8 Å². The van der Waals surface area contributed by atoms with Gasteiger partial charge in [0.1, 0.15) is 22.3 Å². The standard InChI is InChI=1S/C21H27N7OS/c1-20(2,3)30(29)27-18-15-5-4-8-24-16(15)12-21(18)6-9-28(10-7-21)19-25-14(13-22)11-17(23)26-19/h4-5,8,11,18,27H,6-7,9-10,12H2,1-3H3,(H2,23,25,26)/t18-,30?/m1/s1. The molecule has 1 unspecified atom stereocenters. The number of nitrogen functional groups attached to an aromatic ring is 1. The summed E-state index contributed by atoms with van der Waals surface area (Å²) < 4.78 is 16.0. The van der Waals surface area contributed by atoms with E-state index in [9.17, 15) is 9.81 Å². The lowest BCUT2D eigenvalue weighted by molar-refractivity contribution is 0.175. The number of hydrogen-bond donors (Lipinski definition) is 2. The van der Waals surface area contributed by atoms with Gasteiger partial charge in [0.05, 0.1) is 6.04 Å². The van der Waals surface area contributed by atoms with Crippen LogP contribution in [-0.4, -0.2) is 37.3 Å². The second kappa shape index (κ2) is 7.69. The summed E-state index contributed by atoms with van der Waals surface area (Å²) in [6.07, 6.45) is 4.44. The molecule has 1 aliphatic carbocycles. The second-order valence-corrected chi connectivity index (χ2v) is 11.1. The van der Waals surface area contributed by atoms with Gasteiger partial charge >= 0.3 is 0 Å². The Balaban J connectivity index is 1.58. The highest BCUT2D eigenvalue weighted by Gasteiger charge is 2.51. The van der Waals surface area contributed by atoms with E-state index in [0.29, 0.717) is 11.8 Å². The van der Waals surface area contributed by atoms with E-state index in [0.717, 1.165) is 43.6 Å². The number of nitrogens with two attached hydrogens (primary N) is 1. The van der Waals surface area contributed by atoms with E-state index in [4.69, 9.17) is 5.73 Å². The maximum Gasteiger partial charge on any atom is 0.228 e. The molecule has 1 fully saturated rings. The molecule has 1 saturated heterocycles. The van der Waals surface area contributed by atoms with Crippen LogP contribution in [0, 0.1) is 16.7 Å². The van der Waals surface area contributed by atoms with Crippen LogP contribution in [0.15, 0.2) is 24.4 Å². The van der Waals surface area contributed by atoms with Gasteiger partial charge < -0.3 is 15.2 Å². The third-order valence-electron chi connectivity index (χ3n) is 6.04. The molecule has 0 radical (unpaired) electrons. The molecule has 2 aromatic heterocycles. The molecular formula is C21H27N7OS. The number of fused-ring (bicyclic) bond motifs is 1. The van der Waals surface area contributed by atoms with Gasteiger partial charge in [-0.1, -0.05) is 6.07 Å². The van der Waals surface area contributed by atoms with Crippen LogP contribution in [0.25, 0.3) is 0 Å². The third kappa shape index (κ3) is 3.83. The first-order valence-electron chi connectivity index (χ1n) is 10.1. The molecule has 2 aromatic rings. The normalized spacial score (nSPS) is 21.3. The van der Waals surface area contributed by atoms with E-state index in [1.807, 2.05) is 39.1 Å². The molecule has 2 aliphatic rings. The summed E-state index contributed by atoms with van der Waals surface area (Å²) in [4.78, 5) is 15.3. The highest BCUT2D eigenvalue weighted by atomic mass is 32.2. The summed E-state index contributed by atoms with van der Waals surface area (Å²) in [5, 5.41) is 9.18. The molecule has 1 aliphatic heterocycles. The van der Waals surface area contributed by atoms with Crippen molar-refractivity contribution in [2.24, 2.45) is 5.41 Å². The van der Waals surface area contributed by atoms with E-state index in [1.54, 1.807) is 0 Å². The van der Waals surface area contributed by atoms with Crippen LogP contribution >= 0.6 is 0 Å². The molecule has 8 nitrogen and oxygen atoms in total. The summed E-state index contributed by atoms with van der Waals surface area (Å²) in [6.45, 7) is 7.42. The molecule has 0 aromatic carbocycles. The minimum Gasteiger partial charge on any atom is -0.598 e. The van der Waals surface area contributed by atoms with Gasteiger partial charge in [-0.2, -0.15) is 10.2 Å². The number of aromatic nitrogens is 3. The molecule has 0 amide bonds. The Bertz CT molecular complexity index is 976. The maximum absolute atomic E-state index is 13.0. The van der Waals surface area contributed by atoms with Crippen molar-refractivity contribution in [3.63, 3.8) is 0 Å². The van der Waals surface area contributed by atoms with Crippen molar-refractivity contribution in [1.29, 1.82) is 5.26 Å². The fourth-order valence-electron chi connectivity index (χ4n) is 4.37. The number of piperidine rings is 1. The van der Waals surface area contributed by atoms with Crippen molar-refractivity contribution in [1.82, 2.24) is 19.7 Å². The van der Waals surface area contributed by atoms with Crippen molar-refractivity contribution in [2.75, 3.05) is 23.7 Å². The summed E-state index contributed by atoms with van der Waals surface area (Å²) in [7, 11) is 0. The van der Waals surface area contributed by atoms with Crippen LogP contribution in [0.3, 0.4) is 0 Å². The SMILES string of the molecule is CC(C)(C)[S+]([O-])N[C@@H]1c2cccnc2CC12CCN(c1nc(N)cc(C#N)n1)CC2. The molecule has 2 atom stereocenters. The quantitative estimate of drug-likeness (QED) is 0.717. The molecule has 9 heteroatoms. The predicted octanol–water partition coefficient (Wildman–Crippen LogP) is 2.26. The molecule has 158 valence electrons. The summed E-state index contributed by atoms with van der Waals surface area (Å²) >= 11 is -1.18. The van der Waals surface area contributed by atoms with Gasteiger partial charge in [-0.25, -0.2) is 4.98 Å². The third-order valence-corrected chi connectivity index (χ3v) is 7.60. The van der Waals surface area contributed by atoms with Crippen LogP contribution in [-0.2, 0) is 17.8 Å². The summed E-state index contributed by atoms with van der Waals surface area (Å²) in [5.74, 6) is 0.798. The van der Waals surface area contributed by atoms with Crippen LogP contribution < -0.4 is 15.4 Å². The van der Waals surface area contributed by atoms with Crippen molar-refractivity contribution in [2.45, 2.75) is 50.8 Å². The molecule has 0 saturated carbocycles. The summed E-state index contributed by atoms with van der Waals surface area (Å²) in [6, 6.07) is 7.56. The fraction of sp³-hybridized carbons (Fsp3) is 0.524. The molecule has 0 bridgehead atoms.